The average Bonchev–Trinajstić information content (AvgIpc) is 2.43. The molecule has 0 fully saturated rings. The molecule has 0 aliphatic rings. The SMILES string of the molecule is CCCOC(=O)C(O)c1cccc2ncccc12. The Morgan fingerprint density at radius 3 is 3.00 bits per heavy atom. The molecule has 0 saturated carbocycles. The van der Waals surface area contributed by atoms with E-state index in [9.17, 15) is 9.90 Å². The van der Waals surface area contributed by atoms with Crippen molar-refractivity contribution in [2.45, 2.75) is 19.4 Å². The van der Waals surface area contributed by atoms with Gasteiger partial charge in [-0.15, -0.1) is 0 Å². The summed E-state index contributed by atoms with van der Waals surface area (Å²) in [7, 11) is 0. The predicted octanol–water partition coefficient (Wildman–Crippen LogP) is 2.22. The van der Waals surface area contributed by atoms with E-state index in [1.807, 2.05) is 19.1 Å². The third-order valence-electron chi connectivity index (χ3n) is 2.65. The fourth-order valence-corrected chi connectivity index (χ4v) is 1.77. The minimum Gasteiger partial charge on any atom is -0.464 e. The molecule has 4 heteroatoms. The van der Waals surface area contributed by atoms with Crippen molar-refractivity contribution in [2.75, 3.05) is 6.61 Å². The first-order chi connectivity index (χ1) is 8.74. The highest BCUT2D eigenvalue weighted by atomic mass is 16.5. The second-order valence-corrected chi connectivity index (χ2v) is 3.99. The highest BCUT2D eigenvalue weighted by Gasteiger charge is 2.20. The monoisotopic (exact) mass is 245 g/mol. The van der Waals surface area contributed by atoms with Gasteiger partial charge in [0.15, 0.2) is 6.10 Å². The molecule has 0 spiro atoms. The normalized spacial score (nSPS) is 12.3. The first-order valence-electron chi connectivity index (χ1n) is 5.92. The van der Waals surface area contributed by atoms with Gasteiger partial charge in [-0.2, -0.15) is 0 Å². The van der Waals surface area contributed by atoms with Gasteiger partial charge in [0.05, 0.1) is 12.1 Å². The van der Waals surface area contributed by atoms with Crippen LogP contribution in [0, 0.1) is 0 Å². The molecule has 1 aromatic heterocycles. The smallest absolute Gasteiger partial charge is 0.339 e. The van der Waals surface area contributed by atoms with E-state index in [1.165, 1.54) is 0 Å². The molecule has 1 N–H and O–H groups in total. The minimum atomic E-state index is -1.26. The molecule has 1 unspecified atom stereocenters. The Hall–Kier alpha value is -1.94. The van der Waals surface area contributed by atoms with Crippen LogP contribution in [0.4, 0.5) is 0 Å². The highest BCUT2D eigenvalue weighted by molar-refractivity contribution is 5.88. The summed E-state index contributed by atoms with van der Waals surface area (Å²) in [6, 6.07) is 8.91. The van der Waals surface area contributed by atoms with E-state index in [1.54, 1.807) is 24.4 Å². The number of carbonyl (C=O) groups excluding carboxylic acids is 1. The van der Waals surface area contributed by atoms with E-state index in [4.69, 9.17) is 4.74 Å². The number of hydrogen-bond acceptors (Lipinski definition) is 4. The molecule has 0 radical (unpaired) electrons. The molecule has 2 rings (SSSR count). The van der Waals surface area contributed by atoms with Crippen molar-refractivity contribution in [3.8, 4) is 0 Å². The number of aromatic nitrogens is 1. The second kappa shape index (κ2) is 5.60. The molecule has 0 aliphatic carbocycles. The molecule has 0 saturated heterocycles. The number of aliphatic hydroxyl groups is 1. The molecular formula is C14H15NO3. The van der Waals surface area contributed by atoms with Gasteiger partial charge in [-0.25, -0.2) is 4.79 Å². The fraction of sp³-hybridized carbons (Fsp3) is 0.286. The van der Waals surface area contributed by atoms with E-state index in [0.29, 0.717) is 12.2 Å². The number of fused-ring (bicyclic) bond motifs is 1. The third-order valence-corrected chi connectivity index (χ3v) is 2.65. The summed E-state index contributed by atoms with van der Waals surface area (Å²) in [5, 5.41) is 10.8. The van der Waals surface area contributed by atoms with Crippen LogP contribution in [-0.2, 0) is 9.53 Å². The topological polar surface area (TPSA) is 59.4 Å². The van der Waals surface area contributed by atoms with Crippen molar-refractivity contribution in [3.05, 3.63) is 42.1 Å². The van der Waals surface area contributed by atoms with Crippen LogP contribution >= 0.6 is 0 Å². The fourth-order valence-electron chi connectivity index (χ4n) is 1.77. The van der Waals surface area contributed by atoms with Gasteiger partial charge in [0, 0.05) is 17.1 Å². The van der Waals surface area contributed by atoms with Gasteiger partial charge < -0.3 is 9.84 Å². The van der Waals surface area contributed by atoms with Gasteiger partial charge in [0.25, 0.3) is 0 Å². The summed E-state index contributed by atoms with van der Waals surface area (Å²) in [6.07, 6.45) is 1.15. The van der Waals surface area contributed by atoms with E-state index >= 15 is 0 Å². The lowest BCUT2D eigenvalue weighted by Crippen LogP contribution is -2.16. The number of ether oxygens (including phenoxy) is 1. The van der Waals surface area contributed by atoms with Crippen LogP contribution in [0.3, 0.4) is 0 Å². The Balaban J connectivity index is 2.32. The Morgan fingerprint density at radius 2 is 2.22 bits per heavy atom. The minimum absolute atomic E-state index is 0.318. The molecule has 0 aliphatic heterocycles. The first-order valence-corrected chi connectivity index (χ1v) is 5.92. The first kappa shape index (κ1) is 12.5. The van der Waals surface area contributed by atoms with Gasteiger partial charge in [-0.3, -0.25) is 4.98 Å². The number of rotatable bonds is 4. The summed E-state index contributed by atoms with van der Waals surface area (Å²) in [6.45, 7) is 2.22. The molecule has 94 valence electrons. The summed E-state index contributed by atoms with van der Waals surface area (Å²) >= 11 is 0. The maximum atomic E-state index is 11.7. The lowest BCUT2D eigenvalue weighted by molar-refractivity contribution is -0.153. The number of carbonyl (C=O) groups is 1. The molecule has 2 aromatic rings. The Bertz CT molecular complexity index is 548. The van der Waals surface area contributed by atoms with Gasteiger partial charge in [-0.05, 0) is 18.6 Å². The summed E-state index contributed by atoms with van der Waals surface area (Å²) in [5.74, 6) is -0.617. The van der Waals surface area contributed by atoms with E-state index in [0.717, 1.165) is 17.3 Å². The summed E-state index contributed by atoms with van der Waals surface area (Å²) in [4.78, 5) is 15.8. The predicted molar refractivity (Wildman–Crippen MR) is 68.0 cm³/mol. The highest BCUT2D eigenvalue weighted by Crippen LogP contribution is 2.23. The largest absolute Gasteiger partial charge is 0.464 e. The van der Waals surface area contributed by atoms with Crippen LogP contribution in [0.5, 0.6) is 0 Å². The van der Waals surface area contributed by atoms with Crippen LogP contribution < -0.4 is 0 Å². The number of hydrogen-bond donors (Lipinski definition) is 1. The lowest BCUT2D eigenvalue weighted by atomic mass is 10.0. The van der Waals surface area contributed by atoms with Gasteiger partial charge >= 0.3 is 5.97 Å². The molecule has 0 bridgehead atoms. The maximum absolute atomic E-state index is 11.7. The summed E-state index contributed by atoms with van der Waals surface area (Å²) < 4.78 is 4.95. The second-order valence-electron chi connectivity index (χ2n) is 3.99. The van der Waals surface area contributed by atoms with Gasteiger partial charge in [0.1, 0.15) is 0 Å². The Morgan fingerprint density at radius 1 is 1.39 bits per heavy atom. The Labute approximate surface area is 105 Å². The zero-order valence-electron chi connectivity index (χ0n) is 10.2. The zero-order chi connectivity index (χ0) is 13.0. The van der Waals surface area contributed by atoms with Crippen molar-refractivity contribution in [1.82, 2.24) is 4.98 Å². The third kappa shape index (κ3) is 2.49. The average molecular weight is 245 g/mol. The molecular weight excluding hydrogens is 230 g/mol. The van der Waals surface area contributed by atoms with Crippen molar-refractivity contribution >= 4 is 16.9 Å². The van der Waals surface area contributed by atoms with Gasteiger partial charge in [-0.1, -0.05) is 25.1 Å². The number of nitrogens with zero attached hydrogens (tertiary/aromatic N) is 1. The number of aliphatic hydroxyl groups excluding tert-OH is 1. The standard InChI is InChI=1S/C14H15NO3/c1-2-9-18-14(17)13(16)11-5-3-7-12-10(11)6-4-8-15-12/h3-8,13,16H,2,9H2,1H3. The molecule has 1 aromatic carbocycles. The van der Waals surface area contributed by atoms with Crippen LogP contribution in [-0.4, -0.2) is 22.7 Å². The van der Waals surface area contributed by atoms with E-state index in [2.05, 4.69) is 4.98 Å². The van der Waals surface area contributed by atoms with E-state index in [-0.39, 0.29) is 0 Å². The molecule has 1 atom stereocenters. The molecule has 4 nitrogen and oxygen atoms in total. The van der Waals surface area contributed by atoms with Crippen LogP contribution in [0.2, 0.25) is 0 Å². The lowest BCUT2D eigenvalue weighted by Gasteiger charge is -2.12. The van der Waals surface area contributed by atoms with Crippen molar-refractivity contribution in [2.24, 2.45) is 0 Å². The van der Waals surface area contributed by atoms with E-state index < -0.39 is 12.1 Å². The van der Waals surface area contributed by atoms with Crippen molar-refractivity contribution < 1.29 is 14.6 Å². The number of pyridine rings is 1. The van der Waals surface area contributed by atoms with Crippen molar-refractivity contribution in [1.29, 1.82) is 0 Å². The maximum Gasteiger partial charge on any atom is 0.339 e. The zero-order valence-corrected chi connectivity index (χ0v) is 10.2. The molecule has 0 amide bonds. The quantitative estimate of drug-likeness (QED) is 0.839. The Kier molecular flexibility index (Phi) is 3.89. The van der Waals surface area contributed by atoms with Crippen molar-refractivity contribution in [3.63, 3.8) is 0 Å². The number of esters is 1. The van der Waals surface area contributed by atoms with Gasteiger partial charge in [0.2, 0.25) is 0 Å². The van der Waals surface area contributed by atoms with Crippen LogP contribution in [0.25, 0.3) is 10.9 Å². The summed E-state index contributed by atoms with van der Waals surface area (Å²) in [5.41, 5.74) is 1.28. The number of benzene rings is 1. The molecule has 18 heavy (non-hydrogen) atoms. The van der Waals surface area contributed by atoms with Crippen LogP contribution in [0.1, 0.15) is 25.0 Å². The molecule has 1 heterocycles. The van der Waals surface area contributed by atoms with Crippen LogP contribution in [0.15, 0.2) is 36.5 Å².